The van der Waals surface area contributed by atoms with Crippen molar-refractivity contribution < 1.29 is 14.8 Å². The number of benzene rings is 2. The molecule has 0 bridgehead atoms. The summed E-state index contributed by atoms with van der Waals surface area (Å²) in [4.78, 5) is 27.4. The Morgan fingerprint density at radius 2 is 1.81 bits per heavy atom. The standard InChI is InChI=1S/C24H29ClN4O3/c1-16(28-32)17-8-7-9-18(14-17)24(2,3)27-23(31)26-19-10-11-21(25)20(15-19)22(30)29-12-5-4-6-13-29/h7-11,14-15,32H,4-6,12-13H2,1-3H3,(H2,26,27,31)/b28-16+. The van der Waals surface area contributed by atoms with Crippen LogP contribution >= 0.6 is 11.6 Å². The molecule has 0 unspecified atom stereocenters. The third-order valence-corrected chi connectivity index (χ3v) is 6.01. The van der Waals surface area contributed by atoms with Gasteiger partial charge in [0.1, 0.15) is 0 Å². The zero-order valence-electron chi connectivity index (χ0n) is 18.6. The second-order valence-corrected chi connectivity index (χ2v) is 8.93. The number of hydrogen-bond donors (Lipinski definition) is 3. The number of amides is 3. The molecule has 1 fully saturated rings. The maximum absolute atomic E-state index is 12.9. The van der Waals surface area contributed by atoms with Crippen molar-refractivity contribution in [3.63, 3.8) is 0 Å². The highest BCUT2D eigenvalue weighted by atomic mass is 35.5. The van der Waals surface area contributed by atoms with E-state index in [0.29, 0.717) is 22.0 Å². The number of urea groups is 1. The summed E-state index contributed by atoms with van der Waals surface area (Å²) in [5.74, 6) is -0.114. The molecule has 0 aliphatic carbocycles. The summed E-state index contributed by atoms with van der Waals surface area (Å²) < 4.78 is 0. The average Bonchev–Trinajstić information content (AvgIpc) is 2.79. The number of carbonyl (C=O) groups is 2. The van der Waals surface area contributed by atoms with Gasteiger partial charge in [0, 0.05) is 18.8 Å². The van der Waals surface area contributed by atoms with Crippen LogP contribution in [0.4, 0.5) is 10.5 Å². The number of halogens is 1. The minimum atomic E-state index is -0.700. The van der Waals surface area contributed by atoms with E-state index >= 15 is 0 Å². The SMILES string of the molecule is C/C(=N\O)c1cccc(C(C)(C)NC(=O)Nc2ccc(Cl)c(C(=O)N3CCCCC3)c2)c1. The van der Waals surface area contributed by atoms with Gasteiger partial charge < -0.3 is 20.7 Å². The van der Waals surface area contributed by atoms with Crippen molar-refractivity contribution in [2.24, 2.45) is 5.16 Å². The number of oxime groups is 1. The highest BCUT2D eigenvalue weighted by Gasteiger charge is 2.24. The van der Waals surface area contributed by atoms with E-state index in [0.717, 1.165) is 43.5 Å². The lowest BCUT2D eigenvalue weighted by atomic mass is 9.92. The highest BCUT2D eigenvalue weighted by Crippen LogP contribution is 2.25. The number of rotatable bonds is 5. The first-order valence-electron chi connectivity index (χ1n) is 10.7. The Kier molecular flexibility index (Phi) is 7.40. The van der Waals surface area contributed by atoms with E-state index < -0.39 is 11.6 Å². The lowest BCUT2D eigenvalue weighted by Crippen LogP contribution is -2.43. The fraction of sp³-hybridized carbons (Fsp3) is 0.375. The zero-order chi connectivity index (χ0) is 23.3. The van der Waals surface area contributed by atoms with Crippen LogP contribution in [0.15, 0.2) is 47.6 Å². The summed E-state index contributed by atoms with van der Waals surface area (Å²) in [6.45, 7) is 6.91. The first-order chi connectivity index (χ1) is 15.2. The molecular weight excluding hydrogens is 428 g/mol. The van der Waals surface area contributed by atoms with Gasteiger partial charge >= 0.3 is 6.03 Å². The van der Waals surface area contributed by atoms with Gasteiger partial charge in [0.05, 0.1) is 21.8 Å². The van der Waals surface area contributed by atoms with Crippen LogP contribution in [-0.4, -0.2) is 40.8 Å². The van der Waals surface area contributed by atoms with Gasteiger partial charge in [-0.05, 0) is 75.4 Å². The molecule has 1 aliphatic heterocycles. The van der Waals surface area contributed by atoms with E-state index in [1.54, 1.807) is 25.1 Å². The number of carbonyl (C=O) groups excluding carboxylic acids is 2. The summed E-state index contributed by atoms with van der Waals surface area (Å²) in [5, 5.41) is 18.4. The van der Waals surface area contributed by atoms with Crippen molar-refractivity contribution in [1.82, 2.24) is 10.2 Å². The van der Waals surface area contributed by atoms with Gasteiger partial charge in [-0.2, -0.15) is 0 Å². The van der Waals surface area contributed by atoms with Crippen molar-refractivity contribution in [3.05, 3.63) is 64.2 Å². The van der Waals surface area contributed by atoms with Gasteiger partial charge in [0.2, 0.25) is 0 Å². The van der Waals surface area contributed by atoms with E-state index in [9.17, 15) is 9.59 Å². The molecular formula is C24H29ClN4O3. The van der Waals surface area contributed by atoms with Crippen LogP contribution in [-0.2, 0) is 5.54 Å². The summed E-state index contributed by atoms with van der Waals surface area (Å²) in [6, 6.07) is 11.9. The van der Waals surface area contributed by atoms with Crippen molar-refractivity contribution in [3.8, 4) is 0 Å². The number of hydrogen-bond acceptors (Lipinski definition) is 4. The second-order valence-electron chi connectivity index (χ2n) is 8.52. The van der Waals surface area contributed by atoms with Crippen LogP contribution < -0.4 is 10.6 Å². The molecule has 3 N–H and O–H groups in total. The second kappa shape index (κ2) is 10.0. The monoisotopic (exact) mass is 456 g/mol. The van der Waals surface area contributed by atoms with Crippen molar-refractivity contribution >= 4 is 34.9 Å². The molecule has 0 aromatic heterocycles. The fourth-order valence-corrected chi connectivity index (χ4v) is 3.94. The number of nitrogens with zero attached hydrogens (tertiary/aromatic N) is 2. The molecule has 1 saturated heterocycles. The van der Waals surface area contributed by atoms with Gasteiger partial charge in [0.25, 0.3) is 5.91 Å². The molecule has 1 aliphatic rings. The van der Waals surface area contributed by atoms with E-state index in [-0.39, 0.29) is 5.91 Å². The van der Waals surface area contributed by atoms with Crippen LogP contribution in [0.1, 0.15) is 61.5 Å². The Labute approximate surface area is 193 Å². The molecule has 2 aromatic rings. The Hall–Kier alpha value is -3.06. The van der Waals surface area contributed by atoms with Gasteiger partial charge in [-0.25, -0.2) is 4.79 Å². The molecule has 3 amide bonds. The molecule has 0 saturated carbocycles. The lowest BCUT2D eigenvalue weighted by molar-refractivity contribution is 0.0724. The molecule has 1 heterocycles. The highest BCUT2D eigenvalue weighted by molar-refractivity contribution is 6.34. The molecule has 32 heavy (non-hydrogen) atoms. The summed E-state index contributed by atoms with van der Waals surface area (Å²) in [6.07, 6.45) is 3.11. The van der Waals surface area contributed by atoms with Crippen LogP contribution in [0, 0.1) is 0 Å². The predicted molar refractivity (Wildman–Crippen MR) is 127 cm³/mol. The Bertz CT molecular complexity index is 1030. The largest absolute Gasteiger partial charge is 0.411 e. The Morgan fingerprint density at radius 3 is 2.50 bits per heavy atom. The fourth-order valence-electron chi connectivity index (χ4n) is 3.74. The first-order valence-corrected chi connectivity index (χ1v) is 11.1. The Balaban J connectivity index is 1.72. The molecule has 0 spiro atoms. The molecule has 0 atom stereocenters. The van der Waals surface area contributed by atoms with Gasteiger partial charge in [-0.3, -0.25) is 4.79 Å². The third-order valence-electron chi connectivity index (χ3n) is 5.68. The van der Waals surface area contributed by atoms with Crippen LogP contribution in [0.25, 0.3) is 0 Å². The average molecular weight is 457 g/mol. The van der Waals surface area contributed by atoms with Crippen molar-refractivity contribution in [2.75, 3.05) is 18.4 Å². The minimum absolute atomic E-state index is 0.114. The van der Waals surface area contributed by atoms with Crippen molar-refractivity contribution in [1.29, 1.82) is 0 Å². The van der Waals surface area contributed by atoms with Crippen LogP contribution in [0.3, 0.4) is 0 Å². The minimum Gasteiger partial charge on any atom is -0.411 e. The smallest absolute Gasteiger partial charge is 0.319 e. The van der Waals surface area contributed by atoms with E-state index in [2.05, 4.69) is 15.8 Å². The van der Waals surface area contributed by atoms with Crippen molar-refractivity contribution in [2.45, 2.75) is 45.6 Å². The number of anilines is 1. The van der Waals surface area contributed by atoms with Gasteiger partial charge in [0.15, 0.2) is 0 Å². The van der Waals surface area contributed by atoms with Gasteiger partial charge in [-0.1, -0.05) is 35.0 Å². The van der Waals surface area contributed by atoms with E-state index in [4.69, 9.17) is 16.8 Å². The molecule has 8 heteroatoms. The summed E-state index contributed by atoms with van der Waals surface area (Å²) >= 11 is 6.28. The third kappa shape index (κ3) is 5.59. The normalized spacial score (nSPS) is 14.8. The topological polar surface area (TPSA) is 94.0 Å². The quantitative estimate of drug-likeness (QED) is 0.327. The maximum Gasteiger partial charge on any atom is 0.319 e. The predicted octanol–water partition coefficient (Wildman–Crippen LogP) is 5.22. The molecule has 2 aromatic carbocycles. The van der Waals surface area contributed by atoms with E-state index in [1.165, 1.54) is 0 Å². The zero-order valence-corrected chi connectivity index (χ0v) is 19.4. The maximum atomic E-state index is 12.9. The van der Waals surface area contributed by atoms with Crippen LogP contribution in [0.5, 0.6) is 0 Å². The molecule has 3 rings (SSSR count). The molecule has 0 radical (unpaired) electrons. The Morgan fingerprint density at radius 1 is 1.09 bits per heavy atom. The van der Waals surface area contributed by atoms with E-state index in [1.807, 2.05) is 43.0 Å². The molecule has 7 nitrogen and oxygen atoms in total. The molecule has 170 valence electrons. The lowest BCUT2D eigenvalue weighted by Gasteiger charge is -2.28. The van der Waals surface area contributed by atoms with Gasteiger partial charge in [-0.15, -0.1) is 0 Å². The summed E-state index contributed by atoms with van der Waals surface area (Å²) in [5.41, 5.74) is 2.27. The summed E-state index contributed by atoms with van der Waals surface area (Å²) in [7, 11) is 0. The first kappa shape index (κ1) is 23.6. The van der Waals surface area contributed by atoms with Crippen LogP contribution in [0.2, 0.25) is 5.02 Å². The number of piperidine rings is 1. The number of likely N-dealkylation sites (tertiary alicyclic amines) is 1. The number of nitrogens with one attached hydrogen (secondary N) is 2.